The van der Waals surface area contributed by atoms with Crippen LogP contribution in [0.15, 0.2) is 0 Å². The van der Waals surface area contributed by atoms with Crippen molar-refractivity contribution < 1.29 is 13.2 Å². The molecule has 1 amide bonds. The third kappa shape index (κ3) is 6.04. The Kier molecular flexibility index (Phi) is 6.85. The van der Waals surface area contributed by atoms with Crippen LogP contribution in [0.25, 0.3) is 0 Å². The predicted molar refractivity (Wildman–Crippen MR) is 91.7 cm³/mol. The van der Waals surface area contributed by atoms with Crippen LogP contribution in [0.5, 0.6) is 0 Å². The number of hydrogen-bond acceptors (Lipinski definition) is 4. The van der Waals surface area contributed by atoms with E-state index >= 15 is 0 Å². The zero-order valence-corrected chi connectivity index (χ0v) is 15.2. The van der Waals surface area contributed by atoms with Gasteiger partial charge in [-0.15, -0.1) is 0 Å². The summed E-state index contributed by atoms with van der Waals surface area (Å²) in [6.07, 6.45) is 9.43. The first-order valence-electron chi connectivity index (χ1n) is 8.90. The minimum Gasteiger partial charge on any atom is -0.352 e. The van der Waals surface area contributed by atoms with E-state index in [1.54, 1.807) is 0 Å². The van der Waals surface area contributed by atoms with Crippen molar-refractivity contribution in [2.45, 2.75) is 76.4 Å². The molecule has 1 heterocycles. The van der Waals surface area contributed by atoms with Gasteiger partial charge in [-0.05, 0) is 32.1 Å². The van der Waals surface area contributed by atoms with Crippen molar-refractivity contribution in [3.8, 4) is 0 Å². The number of rotatable bonds is 6. The van der Waals surface area contributed by atoms with Crippen molar-refractivity contribution in [2.24, 2.45) is 0 Å². The molecule has 1 aliphatic carbocycles. The molecule has 2 rings (SSSR count). The fraction of sp³-hybridized carbons (Fsp3) is 0.938. The van der Waals surface area contributed by atoms with Gasteiger partial charge in [0.25, 0.3) is 0 Å². The van der Waals surface area contributed by atoms with E-state index in [-0.39, 0.29) is 18.0 Å². The van der Waals surface area contributed by atoms with Gasteiger partial charge in [0.2, 0.25) is 15.9 Å². The summed E-state index contributed by atoms with van der Waals surface area (Å²) >= 11 is 0. The summed E-state index contributed by atoms with van der Waals surface area (Å²) in [6, 6.07) is 0.256. The number of sulfonamides is 1. The number of hydrogen-bond donors (Lipinski definition) is 2. The van der Waals surface area contributed by atoms with Gasteiger partial charge in [0.05, 0.1) is 12.3 Å². The molecule has 0 spiro atoms. The molecule has 7 heteroatoms. The second kappa shape index (κ2) is 8.44. The number of nitrogens with zero attached hydrogens (tertiary/aromatic N) is 1. The summed E-state index contributed by atoms with van der Waals surface area (Å²) in [5.74, 6) is 0.147. The Labute approximate surface area is 140 Å². The van der Waals surface area contributed by atoms with Crippen molar-refractivity contribution in [3.05, 3.63) is 0 Å². The van der Waals surface area contributed by atoms with E-state index in [0.717, 1.165) is 45.2 Å². The number of nitrogens with one attached hydrogen (secondary N) is 2. The molecule has 1 atom stereocenters. The molecule has 134 valence electrons. The van der Waals surface area contributed by atoms with Crippen LogP contribution in [0.4, 0.5) is 0 Å². The lowest BCUT2D eigenvalue weighted by molar-refractivity contribution is -0.128. The highest BCUT2D eigenvalue weighted by atomic mass is 32.2. The van der Waals surface area contributed by atoms with Crippen LogP contribution < -0.4 is 10.0 Å². The zero-order valence-electron chi connectivity index (χ0n) is 14.4. The molecular weight excluding hydrogens is 314 g/mol. The van der Waals surface area contributed by atoms with Crippen molar-refractivity contribution >= 4 is 15.9 Å². The predicted octanol–water partition coefficient (Wildman–Crippen LogP) is 1.23. The highest BCUT2D eigenvalue weighted by molar-refractivity contribution is 7.88. The third-order valence-electron chi connectivity index (χ3n) is 4.99. The molecule has 0 aromatic carbocycles. The van der Waals surface area contributed by atoms with Crippen LogP contribution in [-0.4, -0.2) is 56.7 Å². The molecule has 0 radical (unpaired) electrons. The van der Waals surface area contributed by atoms with Crippen LogP contribution >= 0.6 is 0 Å². The van der Waals surface area contributed by atoms with Gasteiger partial charge < -0.3 is 5.32 Å². The Morgan fingerprint density at radius 1 is 1.09 bits per heavy atom. The van der Waals surface area contributed by atoms with E-state index in [4.69, 9.17) is 0 Å². The average Bonchev–Trinajstić information content (AvgIpc) is 2.49. The number of carbonyl (C=O) groups is 1. The van der Waals surface area contributed by atoms with Crippen LogP contribution in [0.3, 0.4) is 0 Å². The number of likely N-dealkylation sites (tertiary alicyclic amines) is 1. The second-order valence-corrected chi connectivity index (χ2v) is 8.75. The highest BCUT2D eigenvalue weighted by Gasteiger charge is 2.30. The lowest BCUT2D eigenvalue weighted by Gasteiger charge is -2.37. The summed E-state index contributed by atoms with van der Waals surface area (Å²) in [7, 11) is -3.15. The van der Waals surface area contributed by atoms with Crippen LogP contribution in [0.2, 0.25) is 0 Å². The van der Waals surface area contributed by atoms with E-state index in [0.29, 0.717) is 6.04 Å². The molecule has 1 aliphatic heterocycles. The molecule has 0 bridgehead atoms. The quantitative estimate of drug-likeness (QED) is 0.759. The first-order valence-corrected chi connectivity index (χ1v) is 10.8. The van der Waals surface area contributed by atoms with Gasteiger partial charge in [-0.25, -0.2) is 13.1 Å². The van der Waals surface area contributed by atoms with Crippen LogP contribution in [-0.2, 0) is 14.8 Å². The maximum atomic E-state index is 12.6. The Bertz CT molecular complexity index is 481. The summed E-state index contributed by atoms with van der Waals surface area (Å²) in [4.78, 5) is 14.8. The van der Waals surface area contributed by atoms with E-state index in [2.05, 4.69) is 14.9 Å². The maximum Gasteiger partial charge on any atom is 0.237 e. The minimum atomic E-state index is -3.15. The summed E-state index contributed by atoms with van der Waals surface area (Å²) in [5, 5.41) is 3.22. The molecule has 2 fully saturated rings. The third-order valence-corrected chi connectivity index (χ3v) is 5.75. The van der Waals surface area contributed by atoms with Crippen LogP contribution in [0.1, 0.15) is 58.3 Å². The Morgan fingerprint density at radius 3 is 2.22 bits per heavy atom. The van der Waals surface area contributed by atoms with Crippen molar-refractivity contribution in [1.82, 2.24) is 14.9 Å². The fourth-order valence-electron chi connectivity index (χ4n) is 3.79. The average molecular weight is 346 g/mol. The van der Waals surface area contributed by atoms with Gasteiger partial charge in [-0.2, -0.15) is 0 Å². The smallest absolute Gasteiger partial charge is 0.237 e. The Balaban J connectivity index is 1.82. The number of piperidine rings is 1. The van der Waals surface area contributed by atoms with Gasteiger partial charge in [0, 0.05) is 25.2 Å². The standard InChI is InChI=1S/C16H31N3O3S/c1-3-15(16(20)17-13-7-5-4-6-8-13)19-11-9-14(10-12-19)18-23(2,21)22/h13-15,18H,3-12H2,1-2H3,(H,17,20)/t15-/m0/s1. The van der Waals surface area contributed by atoms with E-state index in [9.17, 15) is 13.2 Å². The zero-order chi connectivity index (χ0) is 16.9. The molecule has 23 heavy (non-hydrogen) atoms. The minimum absolute atomic E-state index is 0.000150. The molecule has 1 saturated heterocycles. The molecule has 2 N–H and O–H groups in total. The van der Waals surface area contributed by atoms with Crippen LogP contribution in [0, 0.1) is 0 Å². The molecule has 1 saturated carbocycles. The van der Waals surface area contributed by atoms with Gasteiger partial charge in [-0.1, -0.05) is 26.2 Å². The van der Waals surface area contributed by atoms with E-state index < -0.39 is 10.0 Å². The number of amides is 1. The largest absolute Gasteiger partial charge is 0.352 e. The molecule has 2 aliphatic rings. The molecule has 0 aromatic rings. The molecule has 0 unspecified atom stereocenters. The second-order valence-electron chi connectivity index (χ2n) is 6.97. The summed E-state index contributed by atoms with van der Waals surface area (Å²) < 4.78 is 25.3. The summed E-state index contributed by atoms with van der Waals surface area (Å²) in [5.41, 5.74) is 0. The Morgan fingerprint density at radius 2 is 1.70 bits per heavy atom. The number of carbonyl (C=O) groups excluding carboxylic acids is 1. The molecule has 6 nitrogen and oxygen atoms in total. The van der Waals surface area contributed by atoms with Crippen molar-refractivity contribution in [2.75, 3.05) is 19.3 Å². The SMILES string of the molecule is CC[C@@H](C(=O)NC1CCCCC1)N1CCC(NS(C)(=O)=O)CC1. The van der Waals surface area contributed by atoms with Gasteiger partial charge >= 0.3 is 0 Å². The topological polar surface area (TPSA) is 78.5 Å². The van der Waals surface area contributed by atoms with Crippen molar-refractivity contribution in [3.63, 3.8) is 0 Å². The fourth-order valence-corrected chi connectivity index (χ4v) is 4.63. The van der Waals surface area contributed by atoms with Gasteiger partial charge in [-0.3, -0.25) is 9.69 Å². The molecular formula is C16H31N3O3S. The van der Waals surface area contributed by atoms with Gasteiger partial charge in [0.15, 0.2) is 0 Å². The van der Waals surface area contributed by atoms with Gasteiger partial charge in [0.1, 0.15) is 0 Å². The monoisotopic (exact) mass is 345 g/mol. The van der Waals surface area contributed by atoms with E-state index in [1.165, 1.54) is 25.5 Å². The summed E-state index contributed by atoms with van der Waals surface area (Å²) in [6.45, 7) is 3.58. The van der Waals surface area contributed by atoms with E-state index in [1.807, 2.05) is 6.92 Å². The molecule has 0 aromatic heterocycles. The lowest BCUT2D eigenvalue weighted by atomic mass is 9.95. The normalized spacial score (nSPS) is 23.6. The highest BCUT2D eigenvalue weighted by Crippen LogP contribution is 2.19. The maximum absolute atomic E-state index is 12.6. The Hall–Kier alpha value is -0.660. The lowest BCUT2D eigenvalue weighted by Crippen LogP contribution is -2.54. The first kappa shape index (κ1) is 18.7. The van der Waals surface area contributed by atoms with Crippen molar-refractivity contribution in [1.29, 1.82) is 0 Å². The first-order chi connectivity index (χ1) is 10.9.